The number of rotatable bonds is 8. The Kier molecular flexibility index (Phi) is 7.08. The Labute approximate surface area is 186 Å². The summed E-state index contributed by atoms with van der Waals surface area (Å²) >= 11 is 6.20. The van der Waals surface area contributed by atoms with Crippen LogP contribution in [0, 0.1) is 6.92 Å². The van der Waals surface area contributed by atoms with Crippen LogP contribution in [0.25, 0.3) is 5.76 Å². The summed E-state index contributed by atoms with van der Waals surface area (Å²) in [5, 5.41) is 11.3. The zero-order valence-electron chi connectivity index (χ0n) is 18.1. The van der Waals surface area contributed by atoms with Gasteiger partial charge in [0.15, 0.2) is 0 Å². The van der Waals surface area contributed by atoms with Crippen LogP contribution in [0.15, 0.2) is 40.3 Å². The number of aliphatic hydroxyl groups is 1. The second-order valence-electron chi connectivity index (χ2n) is 7.32. The number of carbonyl (C=O) groups excluding carboxylic acids is 2. The summed E-state index contributed by atoms with van der Waals surface area (Å²) in [6, 6.07) is 7.37. The molecule has 0 bridgehead atoms. The first kappa shape index (κ1) is 22.9. The fraction of sp³-hybridized carbons (Fsp3) is 0.391. The standard InChI is InChI=1S/C23H27ClN2O5/c1-5-25(6-2)11-12-26-20(18-9-7-14(3)31-18)19(22(28)23(26)29)21(27)15-8-10-17(30-4)16(24)13-15/h7-10,13,20,27H,5-6,11-12H2,1-4H3/b21-19-. The van der Waals surface area contributed by atoms with Crippen LogP contribution in [-0.4, -0.2) is 59.9 Å². The average molecular weight is 447 g/mol. The molecule has 1 aromatic heterocycles. The molecule has 3 rings (SSSR count). The van der Waals surface area contributed by atoms with Gasteiger partial charge in [0.2, 0.25) is 0 Å². The summed E-state index contributed by atoms with van der Waals surface area (Å²) in [6.07, 6.45) is 0. The zero-order chi connectivity index (χ0) is 22.7. The monoisotopic (exact) mass is 446 g/mol. The first-order valence-corrected chi connectivity index (χ1v) is 10.6. The maximum atomic E-state index is 13.0. The van der Waals surface area contributed by atoms with Crippen molar-refractivity contribution in [2.45, 2.75) is 26.8 Å². The van der Waals surface area contributed by atoms with Crippen molar-refractivity contribution >= 4 is 29.1 Å². The van der Waals surface area contributed by atoms with Crippen molar-refractivity contribution in [3.05, 3.63) is 58.0 Å². The van der Waals surface area contributed by atoms with Crippen molar-refractivity contribution in [2.75, 3.05) is 33.3 Å². The largest absolute Gasteiger partial charge is 0.507 e. The van der Waals surface area contributed by atoms with E-state index in [2.05, 4.69) is 4.90 Å². The Bertz CT molecular complexity index is 1010. The van der Waals surface area contributed by atoms with E-state index >= 15 is 0 Å². The van der Waals surface area contributed by atoms with Gasteiger partial charge in [-0.15, -0.1) is 0 Å². The highest BCUT2D eigenvalue weighted by atomic mass is 35.5. The van der Waals surface area contributed by atoms with Crippen LogP contribution in [-0.2, 0) is 9.59 Å². The molecule has 2 heterocycles. The van der Waals surface area contributed by atoms with Crippen molar-refractivity contribution in [1.82, 2.24) is 9.80 Å². The topological polar surface area (TPSA) is 83.2 Å². The van der Waals surface area contributed by atoms with Gasteiger partial charge in [0, 0.05) is 18.7 Å². The minimum absolute atomic E-state index is 0.0138. The van der Waals surface area contributed by atoms with Crippen LogP contribution in [0.3, 0.4) is 0 Å². The third-order valence-corrected chi connectivity index (χ3v) is 5.84. The second-order valence-corrected chi connectivity index (χ2v) is 7.72. The predicted octanol–water partition coefficient (Wildman–Crippen LogP) is 4.01. The molecule has 0 aliphatic carbocycles. The molecular weight excluding hydrogens is 420 g/mol. The van der Waals surface area contributed by atoms with Crippen LogP contribution in [0.4, 0.5) is 0 Å². The van der Waals surface area contributed by atoms with Crippen molar-refractivity contribution in [3.8, 4) is 5.75 Å². The number of nitrogens with zero attached hydrogens (tertiary/aromatic N) is 2. The van der Waals surface area contributed by atoms with E-state index in [1.165, 1.54) is 18.1 Å². The molecule has 2 aromatic rings. The first-order valence-electron chi connectivity index (χ1n) is 10.2. The van der Waals surface area contributed by atoms with Gasteiger partial charge < -0.3 is 24.1 Å². The van der Waals surface area contributed by atoms with Gasteiger partial charge in [-0.2, -0.15) is 0 Å². The smallest absolute Gasteiger partial charge is 0.295 e. The molecule has 166 valence electrons. The predicted molar refractivity (Wildman–Crippen MR) is 118 cm³/mol. The zero-order valence-corrected chi connectivity index (χ0v) is 18.9. The highest BCUT2D eigenvalue weighted by Crippen LogP contribution is 2.40. The highest BCUT2D eigenvalue weighted by molar-refractivity contribution is 6.46. The Hall–Kier alpha value is -2.77. The average Bonchev–Trinajstić information content (AvgIpc) is 3.29. The van der Waals surface area contributed by atoms with Gasteiger partial charge in [-0.05, 0) is 50.3 Å². The number of aliphatic hydroxyl groups excluding tert-OH is 1. The molecule has 7 nitrogen and oxygen atoms in total. The van der Waals surface area contributed by atoms with E-state index in [4.69, 9.17) is 20.8 Å². The number of amides is 1. The van der Waals surface area contributed by atoms with Crippen LogP contribution < -0.4 is 4.74 Å². The number of hydrogen-bond acceptors (Lipinski definition) is 6. The molecule has 0 spiro atoms. The maximum Gasteiger partial charge on any atom is 0.295 e. The molecule has 1 aromatic carbocycles. The molecule has 1 saturated heterocycles. The van der Waals surface area contributed by atoms with E-state index in [-0.39, 0.29) is 16.4 Å². The van der Waals surface area contributed by atoms with E-state index < -0.39 is 17.7 Å². The fourth-order valence-corrected chi connectivity index (χ4v) is 4.02. The Balaban J connectivity index is 2.08. The van der Waals surface area contributed by atoms with Crippen molar-refractivity contribution in [1.29, 1.82) is 0 Å². The lowest BCUT2D eigenvalue weighted by atomic mass is 9.99. The van der Waals surface area contributed by atoms with Gasteiger partial charge in [0.05, 0.1) is 17.7 Å². The Morgan fingerprint density at radius 1 is 1.23 bits per heavy atom. The molecule has 8 heteroatoms. The van der Waals surface area contributed by atoms with E-state index in [1.54, 1.807) is 31.2 Å². The first-order chi connectivity index (χ1) is 14.8. The number of carbonyl (C=O) groups is 2. The molecule has 1 aliphatic rings. The minimum Gasteiger partial charge on any atom is -0.507 e. The lowest BCUT2D eigenvalue weighted by Crippen LogP contribution is -2.37. The molecule has 1 atom stereocenters. The van der Waals surface area contributed by atoms with Crippen molar-refractivity contribution < 1.29 is 23.8 Å². The number of likely N-dealkylation sites (tertiary alicyclic amines) is 1. The van der Waals surface area contributed by atoms with Gasteiger partial charge in [-0.1, -0.05) is 25.4 Å². The summed E-state index contributed by atoms with van der Waals surface area (Å²) in [4.78, 5) is 29.5. The number of hydrogen-bond donors (Lipinski definition) is 1. The summed E-state index contributed by atoms with van der Waals surface area (Å²) in [6.45, 7) is 8.46. The lowest BCUT2D eigenvalue weighted by Gasteiger charge is -2.26. The molecule has 1 fully saturated rings. The fourth-order valence-electron chi connectivity index (χ4n) is 3.76. The highest BCUT2D eigenvalue weighted by Gasteiger charge is 2.47. The molecule has 0 radical (unpaired) electrons. The van der Waals surface area contributed by atoms with Crippen molar-refractivity contribution in [2.24, 2.45) is 0 Å². The number of aryl methyl sites for hydroxylation is 1. The molecule has 31 heavy (non-hydrogen) atoms. The number of ketones is 1. The third kappa shape index (κ3) is 4.48. The molecule has 1 aliphatic heterocycles. The Morgan fingerprint density at radius 2 is 1.94 bits per heavy atom. The minimum atomic E-state index is -0.815. The summed E-state index contributed by atoms with van der Waals surface area (Å²) in [5.74, 6) is -0.187. The second kappa shape index (κ2) is 9.58. The third-order valence-electron chi connectivity index (χ3n) is 5.55. The van der Waals surface area contributed by atoms with Crippen molar-refractivity contribution in [3.63, 3.8) is 0 Å². The molecule has 1 N–H and O–H groups in total. The quantitative estimate of drug-likeness (QED) is 0.374. The molecule has 1 unspecified atom stereocenters. The number of likely N-dealkylation sites (N-methyl/N-ethyl adjacent to an activating group) is 1. The van der Waals surface area contributed by atoms with Crippen LogP contribution in [0.5, 0.6) is 5.75 Å². The molecular formula is C23H27ClN2O5. The van der Waals surface area contributed by atoms with Gasteiger partial charge >= 0.3 is 0 Å². The van der Waals surface area contributed by atoms with E-state index in [1.807, 2.05) is 13.8 Å². The summed E-state index contributed by atoms with van der Waals surface area (Å²) < 4.78 is 10.9. The number of furan rings is 1. The van der Waals surface area contributed by atoms with Gasteiger partial charge in [-0.3, -0.25) is 9.59 Å². The number of ether oxygens (including phenoxy) is 1. The van der Waals surface area contributed by atoms with Gasteiger partial charge in [0.1, 0.15) is 29.1 Å². The molecule has 0 saturated carbocycles. The number of halogens is 1. The normalized spacial score (nSPS) is 18.3. The molecule has 1 amide bonds. The lowest BCUT2D eigenvalue weighted by molar-refractivity contribution is -0.140. The Morgan fingerprint density at radius 3 is 2.48 bits per heavy atom. The van der Waals surface area contributed by atoms with Crippen LogP contribution in [0.1, 0.15) is 37.0 Å². The number of methoxy groups -OCH3 is 1. The van der Waals surface area contributed by atoms with Crippen LogP contribution in [0.2, 0.25) is 5.02 Å². The summed E-state index contributed by atoms with van der Waals surface area (Å²) in [7, 11) is 1.49. The number of benzene rings is 1. The summed E-state index contributed by atoms with van der Waals surface area (Å²) in [5.41, 5.74) is 0.306. The number of Topliss-reactive ketones (excluding diaryl/α,β-unsaturated/α-hetero) is 1. The van der Waals surface area contributed by atoms with E-state index in [9.17, 15) is 14.7 Å². The van der Waals surface area contributed by atoms with Gasteiger partial charge in [-0.25, -0.2) is 0 Å². The maximum absolute atomic E-state index is 13.0. The van der Waals surface area contributed by atoms with Gasteiger partial charge in [0.25, 0.3) is 11.7 Å². The van der Waals surface area contributed by atoms with E-state index in [0.717, 1.165) is 13.1 Å². The van der Waals surface area contributed by atoms with Crippen LogP contribution >= 0.6 is 11.6 Å². The van der Waals surface area contributed by atoms with E-state index in [0.29, 0.717) is 35.9 Å². The SMILES string of the molecule is CCN(CC)CCN1C(=O)C(=O)/C(=C(\O)c2ccc(OC)c(Cl)c2)C1c1ccc(C)o1.